The van der Waals surface area contributed by atoms with Crippen molar-refractivity contribution in [1.82, 2.24) is 14.6 Å². The summed E-state index contributed by atoms with van der Waals surface area (Å²) in [5.41, 5.74) is 0.523. The predicted octanol–water partition coefficient (Wildman–Crippen LogP) is 4.60. The van der Waals surface area contributed by atoms with E-state index in [1.165, 1.54) is 12.3 Å². The normalized spacial score (nSPS) is 16.3. The maximum atomic E-state index is 13.7. The van der Waals surface area contributed by atoms with Crippen LogP contribution in [0.1, 0.15) is 28.5 Å². The van der Waals surface area contributed by atoms with Crippen LogP contribution in [0.4, 0.5) is 18.9 Å². The SMILES string of the molecule is C[C@H]1Cc2ccccc2N1C(=O)c1cnn2c(C(F)(F)F)cc(-c3ccco3)nc12. The molecule has 0 fully saturated rings. The molecule has 3 aromatic heterocycles. The molecule has 4 aromatic rings. The van der Waals surface area contributed by atoms with E-state index in [1.54, 1.807) is 11.0 Å². The number of aromatic nitrogens is 3. The van der Waals surface area contributed by atoms with Gasteiger partial charge in [0, 0.05) is 11.7 Å². The highest BCUT2D eigenvalue weighted by atomic mass is 19.4. The highest BCUT2D eigenvalue weighted by Crippen LogP contribution is 2.36. The van der Waals surface area contributed by atoms with Gasteiger partial charge in [-0.3, -0.25) is 4.79 Å². The minimum Gasteiger partial charge on any atom is -0.463 e. The molecule has 5 rings (SSSR count). The number of carbonyl (C=O) groups is 1. The predicted molar refractivity (Wildman–Crippen MR) is 102 cm³/mol. The molecule has 152 valence electrons. The van der Waals surface area contributed by atoms with E-state index in [-0.39, 0.29) is 28.7 Å². The lowest BCUT2D eigenvalue weighted by atomic mass is 10.1. The van der Waals surface area contributed by atoms with Crippen molar-refractivity contribution >= 4 is 17.2 Å². The van der Waals surface area contributed by atoms with Gasteiger partial charge in [0.25, 0.3) is 5.91 Å². The number of amides is 1. The standard InChI is InChI=1S/C21H15F3N4O2/c1-12-9-13-5-2-3-6-16(13)27(12)20(29)14-11-25-28-18(21(22,23)24)10-15(26-19(14)28)17-7-4-8-30-17/h2-8,10-12H,9H2,1H3/t12-/m0/s1. The highest BCUT2D eigenvalue weighted by Gasteiger charge is 2.38. The molecule has 0 unspecified atom stereocenters. The monoisotopic (exact) mass is 412 g/mol. The minimum absolute atomic E-state index is 0.00235. The summed E-state index contributed by atoms with van der Waals surface area (Å²) in [7, 11) is 0. The molecule has 30 heavy (non-hydrogen) atoms. The lowest BCUT2D eigenvalue weighted by molar-refractivity contribution is -0.142. The summed E-state index contributed by atoms with van der Waals surface area (Å²) in [6.45, 7) is 1.90. The van der Waals surface area contributed by atoms with Crippen LogP contribution in [0.2, 0.25) is 0 Å². The average Bonchev–Trinajstić information content (AvgIpc) is 3.43. The van der Waals surface area contributed by atoms with Crippen LogP contribution in [0, 0.1) is 0 Å². The van der Waals surface area contributed by atoms with Gasteiger partial charge in [-0.05, 0) is 43.2 Å². The third-order valence-electron chi connectivity index (χ3n) is 5.19. The second-order valence-corrected chi connectivity index (χ2v) is 7.15. The van der Waals surface area contributed by atoms with Gasteiger partial charge in [0.15, 0.2) is 17.1 Å². The van der Waals surface area contributed by atoms with Gasteiger partial charge in [-0.2, -0.15) is 18.3 Å². The number of carbonyl (C=O) groups excluding carboxylic acids is 1. The second kappa shape index (κ2) is 6.45. The molecule has 1 aliphatic rings. The Balaban J connectivity index is 1.69. The van der Waals surface area contributed by atoms with Crippen LogP contribution in [0.5, 0.6) is 0 Å². The molecular weight excluding hydrogens is 397 g/mol. The number of anilines is 1. The number of nitrogens with zero attached hydrogens (tertiary/aromatic N) is 4. The number of hydrogen-bond donors (Lipinski definition) is 0. The van der Waals surface area contributed by atoms with E-state index in [9.17, 15) is 18.0 Å². The number of fused-ring (bicyclic) bond motifs is 2. The van der Waals surface area contributed by atoms with Crippen molar-refractivity contribution in [3.05, 3.63) is 71.7 Å². The number of para-hydroxylation sites is 1. The molecular formula is C21H15F3N4O2. The maximum absolute atomic E-state index is 13.7. The highest BCUT2D eigenvalue weighted by molar-refractivity contribution is 6.11. The number of alkyl halides is 3. The largest absolute Gasteiger partial charge is 0.463 e. The molecule has 0 N–H and O–H groups in total. The van der Waals surface area contributed by atoms with Crippen LogP contribution in [0.3, 0.4) is 0 Å². The lowest BCUT2D eigenvalue weighted by Gasteiger charge is -2.22. The van der Waals surface area contributed by atoms with Crippen molar-refractivity contribution in [2.45, 2.75) is 25.6 Å². The zero-order chi connectivity index (χ0) is 21.0. The van der Waals surface area contributed by atoms with Crippen LogP contribution in [0.15, 0.2) is 59.3 Å². The quantitative estimate of drug-likeness (QED) is 0.483. The Morgan fingerprint density at radius 2 is 2.00 bits per heavy atom. The summed E-state index contributed by atoms with van der Waals surface area (Å²) in [6.07, 6.45) is -1.54. The van der Waals surface area contributed by atoms with Crippen LogP contribution in [-0.4, -0.2) is 26.5 Å². The average molecular weight is 412 g/mol. The Kier molecular flexibility index (Phi) is 3.96. The summed E-state index contributed by atoms with van der Waals surface area (Å²) >= 11 is 0. The van der Waals surface area contributed by atoms with E-state index in [4.69, 9.17) is 4.42 Å². The van der Waals surface area contributed by atoms with E-state index < -0.39 is 17.8 Å². The smallest absolute Gasteiger partial charge is 0.433 e. The molecule has 1 aliphatic heterocycles. The Hall–Kier alpha value is -3.62. The Labute approximate surface area is 168 Å². The molecule has 1 amide bonds. The summed E-state index contributed by atoms with van der Waals surface area (Å²) in [5, 5.41) is 3.84. The molecule has 0 bridgehead atoms. The van der Waals surface area contributed by atoms with E-state index in [1.807, 2.05) is 31.2 Å². The van der Waals surface area contributed by atoms with E-state index >= 15 is 0 Å². The fourth-order valence-electron chi connectivity index (χ4n) is 3.87. The molecule has 0 aliphatic carbocycles. The first-order valence-corrected chi connectivity index (χ1v) is 9.26. The molecule has 9 heteroatoms. The van der Waals surface area contributed by atoms with E-state index in [0.29, 0.717) is 10.9 Å². The molecule has 1 atom stereocenters. The van der Waals surface area contributed by atoms with Gasteiger partial charge in [0.2, 0.25) is 0 Å². The molecule has 0 saturated heterocycles. The van der Waals surface area contributed by atoms with Crippen molar-refractivity contribution in [1.29, 1.82) is 0 Å². The van der Waals surface area contributed by atoms with E-state index in [0.717, 1.165) is 23.5 Å². The number of furan rings is 1. The first-order valence-electron chi connectivity index (χ1n) is 9.26. The molecule has 6 nitrogen and oxygen atoms in total. The topological polar surface area (TPSA) is 63.6 Å². The van der Waals surface area contributed by atoms with Gasteiger partial charge in [-0.25, -0.2) is 9.50 Å². The van der Waals surface area contributed by atoms with E-state index in [2.05, 4.69) is 10.1 Å². The van der Waals surface area contributed by atoms with Crippen molar-refractivity contribution in [3.63, 3.8) is 0 Å². The Morgan fingerprint density at radius 1 is 1.20 bits per heavy atom. The molecule has 1 aromatic carbocycles. The fourth-order valence-corrected chi connectivity index (χ4v) is 3.87. The summed E-state index contributed by atoms with van der Waals surface area (Å²) in [6, 6.07) is 11.3. The maximum Gasteiger partial charge on any atom is 0.433 e. The summed E-state index contributed by atoms with van der Waals surface area (Å²) in [4.78, 5) is 19.3. The fraction of sp³-hybridized carbons (Fsp3) is 0.190. The summed E-state index contributed by atoms with van der Waals surface area (Å²) < 4.78 is 47.0. The first-order chi connectivity index (χ1) is 14.3. The number of hydrogen-bond acceptors (Lipinski definition) is 4. The number of benzene rings is 1. The zero-order valence-corrected chi connectivity index (χ0v) is 15.7. The second-order valence-electron chi connectivity index (χ2n) is 7.15. The van der Waals surface area contributed by atoms with Crippen molar-refractivity contribution in [3.8, 4) is 11.5 Å². The minimum atomic E-state index is -4.69. The summed E-state index contributed by atoms with van der Waals surface area (Å²) in [5.74, 6) is -0.276. The number of rotatable bonds is 2. The zero-order valence-electron chi connectivity index (χ0n) is 15.7. The lowest BCUT2D eigenvalue weighted by Crippen LogP contribution is -2.35. The van der Waals surface area contributed by atoms with Crippen LogP contribution in [0.25, 0.3) is 17.1 Å². The molecule has 0 saturated carbocycles. The van der Waals surface area contributed by atoms with Crippen molar-refractivity contribution in [2.24, 2.45) is 0 Å². The Bertz CT molecular complexity index is 1260. The molecule has 0 spiro atoms. The first kappa shape index (κ1) is 18.4. The van der Waals surface area contributed by atoms with Crippen LogP contribution in [-0.2, 0) is 12.6 Å². The van der Waals surface area contributed by atoms with Gasteiger partial charge in [-0.15, -0.1) is 0 Å². The van der Waals surface area contributed by atoms with Gasteiger partial charge in [0.05, 0.1) is 12.5 Å². The third kappa shape index (κ3) is 2.77. The van der Waals surface area contributed by atoms with Crippen LogP contribution >= 0.6 is 0 Å². The van der Waals surface area contributed by atoms with Crippen molar-refractivity contribution in [2.75, 3.05) is 4.90 Å². The molecule has 4 heterocycles. The number of halogens is 3. The van der Waals surface area contributed by atoms with Gasteiger partial charge in [0.1, 0.15) is 11.3 Å². The van der Waals surface area contributed by atoms with Crippen LogP contribution < -0.4 is 4.90 Å². The third-order valence-corrected chi connectivity index (χ3v) is 5.19. The van der Waals surface area contributed by atoms with Gasteiger partial charge >= 0.3 is 6.18 Å². The van der Waals surface area contributed by atoms with Crippen molar-refractivity contribution < 1.29 is 22.4 Å². The molecule has 0 radical (unpaired) electrons. The Morgan fingerprint density at radius 3 is 2.73 bits per heavy atom. The van der Waals surface area contributed by atoms with Gasteiger partial charge < -0.3 is 9.32 Å². The van der Waals surface area contributed by atoms with Gasteiger partial charge in [-0.1, -0.05) is 18.2 Å².